The van der Waals surface area contributed by atoms with E-state index in [-0.39, 0.29) is 30.5 Å². The minimum Gasteiger partial charge on any atom is -0.475 e. The van der Waals surface area contributed by atoms with Gasteiger partial charge in [-0.3, -0.25) is 15.0 Å². The van der Waals surface area contributed by atoms with Crippen LogP contribution in [0.15, 0.2) is 36.1 Å². The number of carbonyl (C=O) groups is 2. The number of hydrogen-bond donors (Lipinski definition) is 3. The van der Waals surface area contributed by atoms with Crippen LogP contribution in [0.1, 0.15) is 27.2 Å². The predicted molar refractivity (Wildman–Crippen MR) is 130 cm³/mol. The van der Waals surface area contributed by atoms with Crippen molar-refractivity contribution in [3.63, 3.8) is 0 Å². The predicted octanol–water partition coefficient (Wildman–Crippen LogP) is 1.69. The molecule has 12 nitrogen and oxygen atoms in total. The van der Waals surface area contributed by atoms with Crippen LogP contribution in [0.4, 0.5) is 23.8 Å². The number of halogens is 3. The highest BCUT2D eigenvalue weighted by atomic mass is 19.4. The number of nitrogens with zero attached hydrogens (tertiary/aromatic N) is 4. The SMILES string of the molecule is C[C@@H](NC(=O)C1C=CC2=C(N1)N(C(=O)Nc1cc(OC[C@@H]3COC(C)(C)O3)ncn1)[C@H]1CCN2C1)C(F)(F)F. The number of carbonyl (C=O) groups excluding carboxylic acids is 2. The summed E-state index contributed by atoms with van der Waals surface area (Å²) in [6, 6.07) is -2.36. The smallest absolute Gasteiger partial charge is 0.408 e. The van der Waals surface area contributed by atoms with Gasteiger partial charge in [-0.1, -0.05) is 6.08 Å². The molecule has 15 heteroatoms. The second kappa shape index (κ2) is 10.2. The zero-order valence-corrected chi connectivity index (χ0v) is 21.6. The van der Waals surface area contributed by atoms with Crippen LogP contribution >= 0.6 is 0 Å². The molecule has 4 aliphatic rings. The molecule has 1 aromatic rings. The molecule has 1 aromatic heterocycles. The van der Waals surface area contributed by atoms with Crippen molar-refractivity contribution in [2.75, 3.05) is 31.6 Å². The van der Waals surface area contributed by atoms with E-state index in [1.54, 1.807) is 6.08 Å². The van der Waals surface area contributed by atoms with Gasteiger partial charge in [0, 0.05) is 19.2 Å². The molecule has 3 amide bonds. The number of amides is 3. The molecule has 3 N–H and O–H groups in total. The normalized spacial score (nSPS) is 26.2. The molecule has 0 aliphatic carbocycles. The van der Waals surface area contributed by atoms with Gasteiger partial charge in [-0.25, -0.2) is 14.8 Å². The molecule has 5 rings (SSSR count). The van der Waals surface area contributed by atoms with Gasteiger partial charge in [-0.15, -0.1) is 0 Å². The van der Waals surface area contributed by atoms with Gasteiger partial charge in [0.25, 0.3) is 0 Å². The lowest BCUT2D eigenvalue weighted by molar-refractivity contribution is -0.158. The maximum Gasteiger partial charge on any atom is 0.408 e. The molecular formula is C24H30F3N7O5. The third-order valence-electron chi connectivity index (χ3n) is 6.80. The summed E-state index contributed by atoms with van der Waals surface area (Å²) in [6.45, 7) is 6.34. The maximum absolute atomic E-state index is 13.5. The first-order chi connectivity index (χ1) is 18.4. The molecule has 0 radical (unpaired) electrons. The number of ether oxygens (including phenoxy) is 3. The summed E-state index contributed by atoms with van der Waals surface area (Å²) in [6.07, 6.45) is 0.225. The monoisotopic (exact) mass is 553 g/mol. The highest BCUT2D eigenvalue weighted by molar-refractivity contribution is 5.91. The highest BCUT2D eigenvalue weighted by Crippen LogP contribution is 2.34. The standard InChI is InChI=1S/C24H30F3N7O5/c1-13(24(25,26)27)30-21(35)16-4-5-17-20(31-16)34(14-6-7-33(17)9-14)22(36)32-18-8-19(29-12-28-18)37-10-15-11-38-23(2,3)39-15/h4-5,8,12-16,31H,6-7,9-11H2,1-3H3,(H,30,35)(H,28,29,32,36)/t13-,14+,15-,16?/m1/s1. The minimum absolute atomic E-state index is 0.191. The summed E-state index contributed by atoms with van der Waals surface area (Å²) in [5.74, 6) is -0.775. The number of rotatable bonds is 6. The van der Waals surface area contributed by atoms with Gasteiger partial charge in [0.2, 0.25) is 11.8 Å². The molecule has 212 valence electrons. The number of alkyl halides is 3. The van der Waals surface area contributed by atoms with Gasteiger partial charge in [0.1, 0.15) is 42.8 Å². The zero-order valence-electron chi connectivity index (χ0n) is 21.6. The lowest BCUT2D eigenvalue weighted by Gasteiger charge is -2.41. The van der Waals surface area contributed by atoms with Crippen LogP contribution in [0.3, 0.4) is 0 Å². The van der Waals surface area contributed by atoms with Crippen LogP contribution in [0, 0.1) is 0 Å². The summed E-state index contributed by atoms with van der Waals surface area (Å²) in [7, 11) is 0. The Hall–Kier alpha value is -3.59. The summed E-state index contributed by atoms with van der Waals surface area (Å²) in [4.78, 5) is 37.8. The second-order valence-electron chi connectivity index (χ2n) is 10.2. The van der Waals surface area contributed by atoms with Crippen molar-refractivity contribution in [3.05, 3.63) is 36.1 Å². The maximum atomic E-state index is 13.5. The van der Waals surface area contributed by atoms with E-state index in [4.69, 9.17) is 14.2 Å². The van der Waals surface area contributed by atoms with Crippen molar-refractivity contribution in [2.45, 2.75) is 63.4 Å². The summed E-state index contributed by atoms with van der Waals surface area (Å²) < 4.78 is 55.8. The molecule has 2 fully saturated rings. The van der Waals surface area contributed by atoms with E-state index < -0.39 is 36.0 Å². The molecule has 0 aromatic carbocycles. The molecule has 4 atom stereocenters. The number of aromatic nitrogens is 2. The first-order valence-electron chi connectivity index (χ1n) is 12.6. The van der Waals surface area contributed by atoms with E-state index >= 15 is 0 Å². The van der Waals surface area contributed by atoms with Gasteiger partial charge >= 0.3 is 12.2 Å². The molecule has 1 unspecified atom stereocenters. The first-order valence-corrected chi connectivity index (χ1v) is 12.6. The quantitative estimate of drug-likeness (QED) is 0.482. The van der Waals surface area contributed by atoms with Crippen LogP contribution in [0.2, 0.25) is 0 Å². The van der Waals surface area contributed by atoms with Crippen molar-refractivity contribution in [1.29, 1.82) is 0 Å². The Bertz CT molecular complexity index is 1190. The number of anilines is 1. The summed E-state index contributed by atoms with van der Waals surface area (Å²) in [5.41, 5.74) is 0.681. The van der Waals surface area contributed by atoms with Crippen molar-refractivity contribution >= 4 is 17.8 Å². The van der Waals surface area contributed by atoms with Crippen LogP contribution in [0.5, 0.6) is 5.88 Å². The fraction of sp³-hybridized carbons (Fsp3) is 0.583. The van der Waals surface area contributed by atoms with Gasteiger partial charge < -0.3 is 29.7 Å². The number of nitrogens with one attached hydrogen (secondary N) is 3. The van der Waals surface area contributed by atoms with Crippen LogP contribution in [-0.2, 0) is 14.3 Å². The van der Waals surface area contributed by atoms with Crippen molar-refractivity contribution < 1.29 is 37.0 Å². The van der Waals surface area contributed by atoms with Crippen LogP contribution < -0.4 is 20.7 Å². The van der Waals surface area contributed by atoms with Crippen LogP contribution in [0.25, 0.3) is 0 Å². The zero-order chi connectivity index (χ0) is 27.9. The Balaban J connectivity index is 1.26. The first kappa shape index (κ1) is 27.0. The highest BCUT2D eigenvalue weighted by Gasteiger charge is 2.44. The third-order valence-corrected chi connectivity index (χ3v) is 6.80. The molecule has 2 bridgehead atoms. The number of hydrogen-bond acceptors (Lipinski definition) is 9. The lowest BCUT2D eigenvalue weighted by atomic mass is 10.1. The van der Waals surface area contributed by atoms with Crippen molar-refractivity contribution in [3.8, 4) is 5.88 Å². The Morgan fingerprint density at radius 3 is 2.85 bits per heavy atom. The number of dihydropyridines is 1. The van der Waals surface area contributed by atoms with E-state index in [0.717, 1.165) is 6.92 Å². The molecule has 0 saturated carbocycles. The van der Waals surface area contributed by atoms with Gasteiger partial charge in [-0.05, 0) is 33.3 Å². The Labute approximate surface area is 222 Å². The van der Waals surface area contributed by atoms with E-state index in [1.807, 2.05) is 19.2 Å². The molecule has 2 saturated heterocycles. The van der Waals surface area contributed by atoms with Gasteiger partial charge in [-0.2, -0.15) is 13.2 Å². The fourth-order valence-corrected chi connectivity index (χ4v) is 4.82. The topological polar surface area (TPSA) is 130 Å². The number of allylic oxidation sites excluding steroid dienone is 1. The molecule has 4 aliphatic heterocycles. The Kier molecular flexibility index (Phi) is 7.05. The minimum atomic E-state index is -4.57. The largest absolute Gasteiger partial charge is 0.475 e. The average molecular weight is 554 g/mol. The second-order valence-corrected chi connectivity index (χ2v) is 10.2. The lowest BCUT2D eigenvalue weighted by Crippen LogP contribution is -2.57. The van der Waals surface area contributed by atoms with E-state index in [9.17, 15) is 22.8 Å². The van der Waals surface area contributed by atoms with E-state index in [0.29, 0.717) is 37.6 Å². The third kappa shape index (κ3) is 5.88. The average Bonchev–Trinajstić information content (AvgIpc) is 3.45. The van der Waals surface area contributed by atoms with Gasteiger partial charge in [0.05, 0.1) is 18.3 Å². The number of fused-ring (bicyclic) bond motifs is 3. The van der Waals surface area contributed by atoms with Gasteiger partial charge in [0.15, 0.2) is 5.79 Å². The van der Waals surface area contributed by atoms with Crippen LogP contribution in [-0.4, -0.2) is 94.2 Å². The molecule has 0 spiro atoms. The van der Waals surface area contributed by atoms with E-state index in [1.165, 1.54) is 23.4 Å². The summed E-state index contributed by atoms with van der Waals surface area (Å²) >= 11 is 0. The van der Waals surface area contributed by atoms with Crippen molar-refractivity contribution in [1.82, 2.24) is 30.4 Å². The Morgan fingerprint density at radius 2 is 2.13 bits per heavy atom. The molecule has 5 heterocycles. The summed E-state index contributed by atoms with van der Waals surface area (Å²) in [5, 5.41) is 7.66. The van der Waals surface area contributed by atoms with Crippen molar-refractivity contribution in [2.24, 2.45) is 0 Å². The fourth-order valence-electron chi connectivity index (χ4n) is 4.82. The van der Waals surface area contributed by atoms with E-state index in [2.05, 4.69) is 25.5 Å². The number of urea groups is 1. The molecular weight excluding hydrogens is 523 g/mol. The molecule has 39 heavy (non-hydrogen) atoms. The Morgan fingerprint density at radius 1 is 1.33 bits per heavy atom.